The summed E-state index contributed by atoms with van der Waals surface area (Å²) in [6, 6.07) is 4.67. The Kier molecular flexibility index (Phi) is 4.10. The van der Waals surface area contributed by atoms with Crippen molar-refractivity contribution in [1.29, 1.82) is 0 Å². The summed E-state index contributed by atoms with van der Waals surface area (Å²) < 4.78 is 4.65. The van der Waals surface area contributed by atoms with Gasteiger partial charge in [-0.05, 0) is 48.4 Å². The van der Waals surface area contributed by atoms with Gasteiger partial charge in [-0.15, -0.1) is 0 Å². The number of allylic oxidation sites excluding steroid dienone is 4. The zero-order chi connectivity index (χ0) is 14.5. The largest absolute Gasteiger partial charge is 0.504 e. The molecule has 1 aromatic carbocycles. The first kappa shape index (κ1) is 13.7. The van der Waals surface area contributed by atoms with E-state index in [9.17, 15) is 14.7 Å². The molecule has 1 N–H and O–H groups in total. The normalized spacial score (nSPS) is 16.1. The Balaban J connectivity index is 2.15. The average molecular weight is 271 g/mol. The number of hydrogen-bond donors (Lipinski definition) is 1. The number of aromatic hydroxyl groups is 1. The van der Waals surface area contributed by atoms with Crippen LogP contribution in [-0.2, 0) is 16.1 Å². The number of rotatable bonds is 4. The predicted octanol–water partition coefficient (Wildman–Crippen LogP) is 1.95. The van der Waals surface area contributed by atoms with Gasteiger partial charge in [0.1, 0.15) is 0 Å². The molecular weight excluding hydrogens is 258 g/mol. The van der Waals surface area contributed by atoms with E-state index < -0.39 is 0 Å². The molecule has 0 saturated carbocycles. The van der Waals surface area contributed by atoms with Crippen molar-refractivity contribution >= 4 is 18.0 Å². The molecule has 1 aliphatic carbocycles. The second-order valence-corrected chi connectivity index (χ2v) is 4.28. The van der Waals surface area contributed by atoms with Gasteiger partial charge in [0, 0.05) is 0 Å². The van der Waals surface area contributed by atoms with Crippen molar-refractivity contribution in [3.05, 3.63) is 47.6 Å². The van der Waals surface area contributed by atoms with Crippen molar-refractivity contribution in [2.24, 2.45) is 4.99 Å². The number of nitrogens with zero attached hydrogens (tertiary/aromatic N) is 1. The molecule has 0 bridgehead atoms. The Morgan fingerprint density at radius 2 is 2.15 bits per heavy atom. The van der Waals surface area contributed by atoms with Crippen LogP contribution in [0, 0.1) is 0 Å². The molecule has 0 saturated heterocycles. The van der Waals surface area contributed by atoms with Crippen LogP contribution < -0.4 is 4.74 Å². The van der Waals surface area contributed by atoms with E-state index in [0.717, 1.165) is 5.56 Å². The number of aliphatic imine (C=N–C) groups is 1. The Hall–Kier alpha value is -2.69. The van der Waals surface area contributed by atoms with E-state index in [4.69, 9.17) is 0 Å². The Morgan fingerprint density at radius 1 is 1.35 bits per heavy atom. The molecule has 0 spiro atoms. The summed E-state index contributed by atoms with van der Waals surface area (Å²) in [6.07, 6.45) is 4.84. The number of phenols is 1. The first-order valence-electron chi connectivity index (χ1n) is 5.97. The van der Waals surface area contributed by atoms with E-state index in [2.05, 4.69) is 9.73 Å². The standard InChI is InChI=1S/C15H13NO4/c1-10-6-12(3-5-13(10)18)16-8-11-2-4-14(19)15(7-11)20-9-17/h2-7,9,19H,8H2,1H3. The Labute approximate surface area is 115 Å². The van der Waals surface area contributed by atoms with Crippen LogP contribution in [0.25, 0.3) is 0 Å². The third-order valence-electron chi connectivity index (χ3n) is 2.80. The van der Waals surface area contributed by atoms with Gasteiger partial charge in [0.05, 0.1) is 12.3 Å². The fourth-order valence-electron chi connectivity index (χ4n) is 1.72. The lowest BCUT2D eigenvalue weighted by Crippen LogP contribution is -2.05. The SMILES string of the molecule is CC1=CC(=NCc2ccc(O)c(OC=O)c2)C=CC1=O. The summed E-state index contributed by atoms with van der Waals surface area (Å²) in [4.78, 5) is 25.9. The van der Waals surface area contributed by atoms with E-state index >= 15 is 0 Å². The topological polar surface area (TPSA) is 76.0 Å². The van der Waals surface area contributed by atoms with Crippen LogP contribution in [-0.4, -0.2) is 23.1 Å². The summed E-state index contributed by atoms with van der Waals surface area (Å²) in [5.74, 6) is -0.0264. The number of benzene rings is 1. The van der Waals surface area contributed by atoms with E-state index in [1.807, 2.05) is 0 Å². The average Bonchev–Trinajstić information content (AvgIpc) is 2.43. The monoisotopic (exact) mass is 271 g/mol. The first-order chi connectivity index (χ1) is 9.60. The van der Waals surface area contributed by atoms with Crippen molar-refractivity contribution in [3.8, 4) is 11.5 Å². The molecule has 5 heteroatoms. The number of hydrogen-bond acceptors (Lipinski definition) is 5. The fourth-order valence-corrected chi connectivity index (χ4v) is 1.72. The maximum atomic E-state index is 11.3. The third kappa shape index (κ3) is 3.20. The molecule has 20 heavy (non-hydrogen) atoms. The van der Waals surface area contributed by atoms with E-state index in [0.29, 0.717) is 17.8 Å². The van der Waals surface area contributed by atoms with Gasteiger partial charge in [0.15, 0.2) is 17.3 Å². The molecule has 1 aromatic rings. The lowest BCUT2D eigenvalue weighted by atomic mass is 10.1. The number of carbonyl (C=O) groups is 2. The lowest BCUT2D eigenvalue weighted by molar-refractivity contribution is -0.120. The van der Waals surface area contributed by atoms with Crippen molar-refractivity contribution in [2.75, 3.05) is 0 Å². The second kappa shape index (κ2) is 5.97. The molecule has 0 amide bonds. The van der Waals surface area contributed by atoms with Crippen molar-refractivity contribution in [1.82, 2.24) is 0 Å². The molecule has 0 unspecified atom stereocenters. The van der Waals surface area contributed by atoms with Crippen LogP contribution in [0.4, 0.5) is 0 Å². The molecule has 102 valence electrons. The highest BCUT2D eigenvalue weighted by Crippen LogP contribution is 2.26. The van der Waals surface area contributed by atoms with Crippen molar-refractivity contribution < 1.29 is 19.4 Å². The van der Waals surface area contributed by atoms with Crippen molar-refractivity contribution in [3.63, 3.8) is 0 Å². The summed E-state index contributed by atoms with van der Waals surface area (Å²) >= 11 is 0. The molecule has 2 rings (SSSR count). The molecule has 0 atom stereocenters. The van der Waals surface area contributed by atoms with Gasteiger partial charge in [-0.25, -0.2) is 0 Å². The maximum Gasteiger partial charge on any atom is 0.298 e. The van der Waals surface area contributed by atoms with Gasteiger partial charge in [0.2, 0.25) is 0 Å². The summed E-state index contributed by atoms with van der Waals surface area (Å²) in [6.45, 7) is 2.34. The summed E-state index contributed by atoms with van der Waals surface area (Å²) in [5, 5.41) is 9.47. The minimum atomic E-state index is -0.104. The Morgan fingerprint density at radius 3 is 2.85 bits per heavy atom. The molecule has 0 aliphatic heterocycles. The van der Waals surface area contributed by atoms with Crippen LogP contribution >= 0.6 is 0 Å². The lowest BCUT2D eigenvalue weighted by Gasteiger charge is -2.06. The summed E-state index contributed by atoms with van der Waals surface area (Å²) in [5.41, 5.74) is 2.12. The van der Waals surface area contributed by atoms with Crippen LogP contribution in [0.15, 0.2) is 47.0 Å². The molecule has 0 fully saturated rings. The van der Waals surface area contributed by atoms with E-state index in [-0.39, 0.29) is 23.8 Å². The zero-order valence-electron chi connectivity index (χ0n) is 10.9. The maximum absolute atomic E-state index is 11.3. The van der Waals surface area contributed by atoms with Gasteiger partial charge in [-0.2, -0.15) is 0 Å². The minimum Gasteiger partial charge on any atom is -0.504 e. The zero-order valence-corrected chi connectivity index (χ0v) is 10.9. The van der Waals surface area contributed by atoms with Gasteiger partial charge < -0.3 is 9.84 Å². The van der Waals surface area contributed by atoms with Crippen LogP contribution in [0.5, 0.6) is 11.5 Å². The van der Waals surface area contributed by atoms with Gasteiger partial charge in [-0.3, -0.25) is 14.6 Å². The highest BCUT2D eigenvalue weighted by molar-refractivity contribution is 6.18. The highest BCUT2D eigenvalue weighted by atomic mass is 16.5. The molecule has 0 heterocycles. The highest BCUT2D eigenvalue weighted by Gasteiger charge is 2.07. The van der Waals surface area contributed by atoms with Gasteiger partial charge in [0.25, 0.3) is 6.47 Å². The predicted molar refractivity (Wildman–Crippen MR) is 73.8 cm³/mol. The van der Waals surface area contributed by atoms with E-state index in [1.165, 1.54) is 12.1 Å². The molecule has 0 radical (unpaired) electrons. The second-order valence-electron chi connectivity index (χ2n) is 4.28. The van der Waals surface area contributed by atoms with Gasteiger partial charge in [-0.1, -0.05) is 6.07 Å². The molecule has 5 nitrogen and oxygen atoms in total. The minimum absolute atomic E-state index is 0.0183. The number of ether oxygens (including phenoxy) is 1. The van der Waals surface area contributed by atoms with Gasteiger partial charge >= 0.3 is 0 Å². The molecule has 1 aliphatic rings. The van der Waals surface area contributed by atoms with Crippen LogP contribution in [0.3, 0.4) is 0 Å². The molecular formula is C15H13NO4. The Bertz CT molecular complexity index is 641. The van der Waals surface area contributed by atoms with Crippen LogP contribution in [0.1, 0.15) is 12.5 Å². The smallest absolute Gasteiger partial charge is 0.298 e. The quantitative estimate of drug-likeness (QED) is 0.670. The molecule has 0 aromatic heterocycles. The first-order valence-corrected chi connectivity index (χ1v) is 5.97. The fraction of sp³-hybridized carbons (Fsp3) is 0.133. The van der Waals surface area contributed by atoms with E-state index in [1.54, 1.807) is 31.2 Å². The summed E-state index contributed by atoms with van der Waals surface area (Å²) in [7, 11) is 0. The number of ketones is 1. The number of phenolic OH excluding ortho intramolecular Hbond substituents is 1. The number of carbonyl (C=O) groups excluding carboxylic acids is 2. The third-order valence-corrected chi connectivity index (χ3v) is 2.80. The van der Waals surface area contributed by atoms with Crippen molar-refractivity contribution in [2.45, 2.75) is 13.5 Å². The van der Waals surface area contributed by atoms with Crippen LogP contribution in [0.2, 0.25) is 0 Å².